The molecule has 110 valence electrons. The minimum absolute atomic E-state index is 0.629. The summed E-state index contributed by atoms with van der Waals surface area (Å²) in [4.78, 5) is 6.21. The van der Waals surface area contributed by atoms with E-state index in [2.05, 4.69) is 46.3 Å². The number of aromatic nitrogens is 1. The predicted molar refractivity (Wildman–Crippen MR) is 89.9 cm³/mol. The maximum atomic E-state index is 5.64. The maximum Gasteiger partial charge on any atom is 0.0367 e. The molecule has 2 rings (SSSR count). The van der Waals surface area contributed by atoms with Crippen LogP contribution in [0.2, 0.25) is 0 Å². The molecule has 1 heterocycles. The number of anilines is 1. The van der Waals surface area contributed by atoms with E-state index in [1.54, 1.807) is 12.4 Å². The second-order valence-electron chi connectivity index (χ2n) is 4.77. The van der Waals surface area contributed by atoms with Crippen LogP contribution in [-0.4, -0.2) is 31.2 Å². The molecule has 0 aliphatic rings. The SMILES string of the molecule is NCCN(CCN)c1ccc(C=Cc2ccncc2)cc1. The van der Waals surface area contributed by atoms with Crippen LogP contribution >= 0.6 is 0 Å². The number of nitrogens with zero attached hydrogens (tertiary/aromatic N) is 2. The third-order valence-electron chi connectivity index (χ3n) is 3.23. The summed E-state index contributed by atoms with van der Waals surface area (Å²) >= 11 is 0. The van der Waals surface area contributed by atoms with Crippen LogP contribution in [0.1, 0.15) is 11.1 Å². The molecule has 0 bridgehead atoms. The average molecular weight is 282 g/mol. The summed E-state index contributed by atoms with van der Waals surface area (Å²) in [6.45, 7) is 2.90. The van der Waals surface area contributed by atoms with E-state index in [4.69, 9.17) is 11.5 Å². The second kappa shape index (κ2) is 8.19. The first-order chi connectivity index (χ1) is 10.3. The van der Waals surface area contributed by atoms with Gasteiger partial charge in [0.05, 0.1) is 0 Å². The van der Waals surface area contributed by atoms with Crippen molar-refractivity contribution in [2.75, 3.05) is 31.1 Å². The Kier molecular flexibility index (Phi) is 5.94. The van der Waals surface area contributed by atoms with E-state index in [0.29, 0.717) is 13.1 Å². The van der Waals surface area contributed by atoms with Crippen LogP contribution in [0.25, 0.3) is 12.2 Å². The van der Waals surface area contributed by atoms with Gasteiger partial charge in [-0.3, -0.25) is 4.98 Å². The van der Waals surface area contributed by atoms with Crippen LogP contribution < -0.4 is 16.4 Å². The predicted octanol–water partition coefficient (Wildman–Crippen LogP) is 1.98. The fraction of sp³-hybridized carbons (Fsp3) is 0.235. The molecule has 0 fully saturated rings. The van der Waals surface area contributed by atoms with Crippen molar-refractivity contribution in [3.8, 4) is 0 Å². The van der Waals surface area contributed by atoms with Crippen molar-refractivity contribution in [2.45, 2.75) is 0 Å². The molecule has 0 saturated carbocycles. The zero-order valence-electron chi connectivity index (χ0n) is 12.2. The lowest BCUT2D eigenvalue weighted by molar-refractivity contribution is 0.782. The summed E-state index contributed by atoms with van der Waals surface area (Å²) in [5.74, 6) is 0. The van der Waals surface area contributed by atoms with Gasteiger partial charge in [0.1, 0.15) is 0 Å². The molecule has 0 aliphatic heterocycles. The molecular weight excluding hydrogens is 260 g/mol. The van der Waals surface area contributed by atoms with E-state index in [-0.39, 0.29) is 0 Å². The molecule has 4 N–H and O–H groups in total. The summed E-state index contributed by atoms with van der Waals surface area (Å²) in [6, 6.07) is 12.4. The number of rotatable bonds is 7. The fourth-order valence-electron chi connectivity index (χ4n) is 2.14. The Bertz CT molecular complexity index is 543. The van der Waals surface area contributed by atoms with Crippen LogP contribution in [-0.2, 0) is 0 Å². The highest BCUT2D eigenvalue weighted by molar-refractivity contribution is 5.70. The van der Waals surface area contributed by atoms with Crippen molar-refractivity contribution in [1.82, 2.24) is 4.98 Å². The van der Waals surface area contributed by atoms with Crippen molar-refractivity contribution in [3.05, 3.63) is 59.9 Å². The highest BCUT2D eigenvalue weighted by Gasteiger charge is 2.03. The van der Waals surface area contributed by atoms with E-state index < -0.39 is 0 Å². The van der Waals surface area contributed by atoms with E-state index in [0.717, 1.165) is 29.9 Å². The molecule has 0 radical (unpaired) electrons. The van der Waals surface area contributed by atoms with Crippen molar-refractivity contribution in [1.29, 1.82) is 0 Å². The van der Waals surface area contributed by atoms with Gasteiger partial charge in [-0.2, -0.15) is 0 Å². The van der Waals surface area contributed by atoms with Gasteiger partial charge in [-0.05, 0) is 35.4 Å². The second-order valence-corrected chi connectivity index (χ2v) is 4.77. The van der Waals surface area contributed by atoms with Gasteiger partial charge in [0, 0.05) is 44.3 Å². The molecule has 0 saturated heterocycles. The first kappa shape index (κ1) is 15.2. The van der Waals surface area contributed by atoms with Crippen molar-refractivity contribution in [2.24, 2.45) is 11.5 Å². The Morgan fingerprint density at radius 3 is 1.86 bits per heavy atom. The third kappa shape index (κ3) is 4.70. The Morgan fingerprint density at radius 2 is 1.33 bits per heavy atom. The fourth-order valence-corrected chi connectivity index (χ4v) is 2.14. The maximum absolute atomic E-state index is 5.64. The smallest absolute Gasteiger partial charge is 0.0367 e. The minimum Gasteiger partial charge on any atom is -0.369 e. The number of hydrogen-bond donors (Lipinski definition) is 2. The lowest BCUT2D eigenvalue weighted by Gasteiger charge is -2.23. The zero-order chi connectivity index (χ0) is 14.9. The summed E-state index contributed by atoms with van der Waals surface area (Å²) in [5, 5.41) is 0. The Hall–Kier alpha value is -2.17. The van der Waals surface area contributed by atoms with E-state index in [1.165, 1.54) is 0 Å². The van der Waals surface area contributed by atoms with Gasteiger partial charge >= 0.3 is 0 Å². The number of benzene rings is 1. The first-order valence-electron chi connectivity index (χ1n) is 7.17. The monoisotopic (exact) mass is 282 g/mol. The van der Waals surface area contributed by atoms with Crippen LogP contribution in [0.3, 0.4) is 0 Å². The summed E-state index contributed by atoms with van der Waals surface area (Å²) < 4.78 is 0. The number of pyridine rings is 1. The summed E-state index contributed by atoms with van der Waals surface area (Å²) in [5.41, 5.74) is 14.7. The quantitative estimate of drug-likeness (QED) is 0.815. The molecule has 0 aliphatic carbocycles. The van der Waals surface area contributed by atoms with Gasteiger partial charge < -0.3 is 16.4 Å². The molecule has 1 aromatic heterocycles. The Balaban J connectivity index is 2.06. The summed E-state index contributed by atoms with van der Waals surface area (Å²) in [7, 11) is 0. The first-order valence-corrected chi connectivity index (χ1v) is 7.17. The standard InChI is InChI=1S/C17H22N4/c18-9-13-21(14-10-19)17-5-3-15(4-6-17)1-2-16-7-11-20-12-8-16/h1-8,11-12H,9-10,13-14,18-19H2. The van der Waals surface area contributed by atoms with Gasteiger partial charge in [-0.1, -0.05) is 24.3 Å². The van der Waals surface area contributed by atoms with Gasteiger partial charge in [-0.25, -0.2) is 0 Å². The number of nitrogens with two attached hydrogens (primary N) is 2. The van der Waals surface area contributed by atoms with Crippen LogP contribution in [0.4, 0.5) is 5.69 Å². The van der Waals surface area contributed by atoms with Crippen molar-refractivity contribution in [3.63, 3.8) is 0 Å². The van der Waals surface area contributed by atoms with Crippen LogP contribution in [0, 0.1) is 0 Å². The largest absolute Gasteiger partial charge is 0.369 e. The topological polar surface area (TPSA) is 68.2 Å². The van der Waals surface area contributed by atoms with Crippen molar-refractivity contribution < 1.29 is 0 Å². The molecule has 0 unspecified atom stereocenters. The lowest BCUT2D eigenvalue weighted by Crippen LogP contribution is -2.33. The van der Waals surface area contributed by atoms with Crippen LogP contribution in [0.5, 0.6) is 0 Å². The minimum atomic E-state index is 0.629. The molecule has 0 atom stereocenters. The molecule has 0 amide bonds. The average Bonchev–Trinajstić information content (AvgIpc) is 2.54. The molecule has 4 nitrogen and oxygen atoms in total. The molecule has 21 heavy (non-hydrogen) atoms. The number of hydrogen-bond acceptors (Lipinski definition) is 4. The van der Waals surface area contributed by atoms with Crippen LogP contribution in [0.15, 0.2) is 48.8 Å². The molecule has 2 aromatic rings. The molecule has 4 heteroatoms. The van der Waals surface area contributed by atoms with Gasteiger partial charge in [0.25, 0.3) is 0 Å². The van der Waals surface area contributed by atoms with Gasteiger partial charge in [-0.15, -0.1) is 0 Å². The molecular formula is C17H22N4. The zero-order valence-corrected chi connectivity index (χ0v) is 12.2. The Labute approximate surface area is 126 Å². The van der Waals surface area contributed by atoms with Crippen molar-refractivity contribution >= 4 is 17.8 Å². The molecule has 0 spiro atoms. The van der Waals surface area contributed by atoms with Gasteiger partial charge in [0.15, 0.2) is 0 Å². The third-order valence-corrected chi connectivity index (χ3v) is 3.23. The van der Waals surface area contributed by atoms with E-state index >= 15 is 0 Å². The Morgan fingerprint density at radius 1 is 0.810 bits per heavy atom. The van der Waals surface area contributed by atoms with E-state index in [9.17, 15) is 0 Å². The van der Waals surface area contributed by atoms with Gasteiger partial charge in [0.2, 0.25) is 0 Å². The highest BCUT2D eigenvalue weighted by atomic mass is 15.1. The lowest BCUT2D eigenvalue weighted by atomic mass is 10.1. The highest BCUT2D eigenvalue weighted by Crippen LogP contribution is 2.16. The summed E-state index contributed by atoms with van der Waals surface area (Å²) in [6.07, 6.45) is 7.75. The van der Waals surface area contributed by atoms with E-state index in [1.807, 2.05) is 12.1 Å². The molecule has 1 aromatic carbocycles. The normalized spacial score (nSPS) is 11.0.